The number of rotatable bonds is 4. The largest absolute Gasteiger partial charge is 0.490 e. The molecule has 0 aliphatic rings. The molecule has 0 spiro atoms. The normalized spacial score (nSPS) is 10.8. The Morgan fingerprint density at radius 1 is 1.30 bits per heavy atom. The number of nitrogens with zero attached hydrogens (tertiary/aromatic N) is 2. The molecule has 0 atom stereocenters. The molecule has 0 saturated heterocycles. The number of nitrogen functional groups attached to an aromatic ring is 1. The highest BCUT2D eigenvalue weighted by Crippen LogP contribution is 2.19. The first-order valence-corrected chi connectivity index (χ1v) is 7.03. The summed E-state index contributed by atoms with van der Waals surface area (Å²) in [6, 6.07) is 9.13. The van der Waals surface area contributed by atoms with Gasteiger partial charge in [0.25, 0.3) is 5.56 Å². The van der Waals surface area contributed by atoms with Gasteiger partial charge in [-0.1, -0.05) is 12.1 Å². The number of nitrogens with two attached hydrogens (primary N) is 1. The van der Waals surface area contributed by atoms with Crippen LogP contribution in [0.1, 0.15) is 0 Å². The Hall–Kier alpha value is -2.34. The maximum absolute atomic E-state index is 12.2. The summed E-state index contributed by atoms with van der Waals surface area (Å²) in [5, 5.41) is 1.87. The summed E-state index contributed by atoms with van der Waals surface area (Å²) >= 11 is 1.40. The molecule has 0 aliphatic heterocycles. The lowest BCUT2D eigenvalue weighted by atomic mass is 10.3. The lowest BCUT2D eigenvalue weighted by Gasteiger charge is -2.09. The molecule has 0 unspecified atom stereocenters. The minimum atomic E-state index is -0.0327. The van der Waals surface area contributed by atoms with Gasteiger partial charge in [0.05, 0.1) is 24.1 Å². The number of hydrogen-bond donors (Lipinski definition) is 1. The van der Waals surface area contributed by atoms with Crippen LogP contribution >= 0.6 is 11.3 Å². The zero-order valence-corrected chi connectivity index (χ0v) is 11.5. The second-order valence-electron chi connectivity index (χ2n) is 4.26. The van der Waals surface area contributed by atoms with Crippen molar-refractivity contribution in [1.82, 2.24) is 9.55 Å². The number of thiophene rings is 1. The molecule has 1 aromatic carbocycles. The molecule has 6 heteroatoms. The lowest BCUT2D eigenvalue weighted by molar-refractivity contribution is 0.297. The number of hydrogen-bond acceptors (Lipinski definition) is 5. The molecule has 102 valence electrons. The Morgan fingerprint density at radius 2 is 2.15 bits per heavy atom. The third kappa shape index (κ3) is 2.37. The third-order valence-corrected chi connectivity index (χ3v) is 3.84. The van der Waals surface area contributed by atoms with Crippen molar-refractivity contribution in [3.8, 4) is 5.75 Å². The van der Waals surface area contributed by atoms with Crippen LogP contribution < -0.4 is 16.0 Å². The zero-order valence-electron chi connectivity index (χ0n) is 10.7. The Labute approximate surface area is 119 Å². The topological polar surface area (TPSA) is 70.1 Å². The van der Waals surface area contributed by atoms with Gasteiger partial charge in [0.15, 0.2) is 0 Å². The van der Waals surface area contributed by atoms with Gasteiger partial charge in [-0.15, -0.1) is 11.3 Å². The molecule has 0 bridgehead atoms. The van der Waals surface area contributed by atoms with E-state index in [1.807, 2.05) is 23.6 Å². The van der Waals surface area contributed by atoms with E-state index in [-0.39, 0.29) is 5.56 Å². The molecule has 3 aromatic rings. The molecule has 3 rings (SSSR count). The van der Waals surface area contributed by atoms with E-state index in [2.05, 4.69) is 4.98 Å². The van der Waals surface area contributed by atoms with Crippen molar-refractivity contribution in [3.63, 3.8) is 0 Å². The van der Waals surface area contributed by atoms with Crippen LogP contribution in [0.4, 0.5) is 5.69 Å². The minimum absolute atomic E-state index is 0.0327. The average Bonchev–Trinajstić information content (AvgIpc) is 2.93. The van der Waals surface area contributed by atoms with Crippen LogP contribution in [0.5, 0.6) is 5.75 Å². The Kier molecular flexibility index (Phi) is 3.39. The quantitative estimate of drug-likeness (QED) is 0.746. The Morgan fingerprint density at radius 3 is 3.00 bits per heavy atom. The van der Waals surface area contributed by atoms with Crippen molar-refractivity contribution in [2.24, 2.45) is 0 Å². The first-order valence-electron chi connectivity index (χ1n) is 6.15. The standard InChI is InChI=1S/C14H13N3O2S/c15-10-3-1-2-4-12(10)19-7-6-17-9-16-11-5-8-20-13(11)14(17)18/h1-5,8-9H,6-7,15H2. The average molecular weight is 287 g/mol. The molecule has 2 heterocycles. The van der Waals surface area contributed by atoms with E-state index in [1.165, 1.54) is 11.3 Å². The summed E-state index contributed by atoms with van der Waals surface area (Å²) in [7, 11) is 0. The molecule has 0 fully saturated rings. The Balaban J connectivity index is 1.73. The van der Waals surface area contributed by atoms with Crippen molar-refractivity contribution in [1.29, 1.82) is 0 Å². The monoisotopic (exact) mass is 287 g/mol. The molecule has 20 heavy (non-hydrogen) atoms. The molecular formula is C14H13N3O2S. The lowest BCUT2D eigenvalue weighted by Crippen LogP contribution is -2.22. The molecule has 5 nitrogen and oxygen atoms in total. The number of anilines is 1. The van der Waals surface area contributed by atoms with Crippen molar-refractivity contribution >= 4 is 27.2 Å². The summed E-state index contributed by atoms with van der Waals surface area (Å²) < 4.78 is 7.81. The van der Waals surface area contributed by atoms with E-state index in [1.54, 1.807) is 23.0 Å². The number of para-hydroxylation sites is 2. The number of fused-ring (bicyclic) bond motifs is 1. The molecule has 2 N–H and O–H groups in total. The number of aromatic nitrogens is 2. The predicted molar refractivity (Wildman–Crippen MR) is 80.2 cm³/mol. The highest BCUT2D eigenvalue weighted by atomic mass is 32.1. The van der Waals surface area contributed by atoms with Crippen LogP contribution in [0.3, 0.4) is 0 Å². The van der Waals surface area contributed by atoms with Crippen molar-refractivity contribution in [3.05, 3.63) is 52.4 Å². The highest BCUT2D eigenvalue weighted by Gasteiger charge is 2.05. The molecule has 0 saturated carbocycles. The van der Waals surface area contributed by atoms with Gasteiger partial charge in [-0.3, -0.25) is 9.36 Å². The van der Waals surface area contributed by atoms with E-state index in [9.17, 15) is 4.79 Å². The van der Waals surface area contributed by atoms with E-state index in [0.29, 0.717) is 29.3 Å². The molecule has 0 amide bonds. The maximum Gasteiger partial charge on any atom is 0.271 e. The van der Waals surface area contributed by atoms with Crippen LogP contribution in [-0.4, -0.2) is 16.2 Å². The fourth-order valence-corrected chi connectivity index (χ4v) is 2.70. The predicted octanol–water partition coefficient (Wildman–Crippen LogP) is 2.12. The SMILES string of the molecule is Nc1ccccc1OCCn1cnc2ccsc2c1=O. The van der Waals surface area contributed by atoms with Crippen LogP contribution in [-0.2, 0) is 6.54 Å². The van der Waals surface area contributed by atoms with Gasteiger partial charge >= 0.3 is 0 Å². The van der Waals surface area contributed by atoms with Crippen LogP contribution in [0.2, 0.25) is 0 Å². The molecular weight excluding hydrogens is 274 g/mol. The second kappa shape index (κ2) is 5.34. The summed E-state index contributed by atoms with van der Waals surface area (Å²) in [5.74, 6) is 0.630. The van der Waals surface area contributed by atoms with Gasteiger partial charge in [-0.2, -0.15) is 0 Å². The van der Waals surface area contributed by atoms with Gasteiger partial charge in [0, 0.05) is 0 Å². The van der Waals surface area contributed by atoms with Crippen LogP contribution in [0.15, 0.2) is 46.8 Å². The van der Waals surface area contributed by atoms with E-state index < -0.39 is 0 Å². The van der Waals surface area contributed by atoms with Crippen molar-refractivity contribution < 1.29 is 4.74 Å². The highest BCUT2D eigenvalue weighted by molar-refractivity contribution is 7.17. The van der Waals surface area contributed by atoms with Gasteiger partial charge in [-0.25, -0.2) is 4.98 Å². The number of ether oxygens (including phenoxy) is 1. The fourth-order valence-electron chi connectivity index (χ4n) is 1.90. The van der Waals surface area contributed by atoms with Crippen molar-refractivity contribution in [2.75, 3.05) is 12.3 Å². The molecule has 0 aliphatic carbocycles. The van der Waals surface area contributed by atoms with Crippen molar-refractivity contribution in [2.45, 2.75) is 6.54 Å². The Bertz CT molecular complexity index is 794. The maximum atomic E-state index is 12.2. The van der Waals surface area contributed by atoms with Crippen LogP contribution in [0.25, 0.3) is 10.2 Å². The van der Waals surface area contributed by atoms with E-state index in [0.717, 1.165) is 5.52 Å². The molecule has 0 radical (unpaired) electrons. The van der Waals surface area contributed by atoms with E-state index >= 15 is 0 Å². The summed E-state index contributed by atoms with van der Waals surface area (Å²) in [5.41, 5.74) is 7.08. The van der Waals surface area contributed by atoms with E-state index in [4.69, 9.17) is 10.5 Å². The number of benzene rings is 1. The van der Waals surface area contributed by atoms with Gasteiger partial charge < -0.3 is 10.5 Å². The zero-order chi connectivity index (χ0) is 13.9. The van der Waals surface area contributed by atoms with Gasteiger partial charge in [0.1, 0.15) is 17.1 Å². The third-order valence-electron chi connectivity index (χ3n) is 2.94. The van der Waals surface area contributed by atoms with Gasteiger partial charge in [-0.05, 0) is 23.6 Å². The van der Waals surface area contributed by atoms with Gasteiger partial charge in [0.2, 0.25) is 0 Å². The summed E-state index contributed by atoms with van der Waals surface area (Å²) in [6.45, 7) is 0.806. The first-order chi connectivity index (χ1) is 9.75. The first kappa shape index (κ1) is 12.7. The summed E-state index contributed by atoms with van der Waals surface area (Å²) in [6.07, 6.45) is 1.55. The second-order valence-corrected chi connectivity index (χ2v) is 5.18. The minimum Gasteiger partial charge on any atom is -0.490 e. The summed E-state index contributed by atoms with van der Waals surface area (Å²) in [4.78, 5) is 16.4. The fraction of sp³-hybridized carbons (Fsp3) is 0.143. The molecule has 2 aromatic heterocycles. The smallest absolute Gasteiger partial charge is 0.271 e. The van der Waals surface area contributed by atoms with Crippen LogP contribution in [0, 0.1) is 0 Å².